The zero-order valence-corrected chi connectivity index (χ0v) is 10.6. The summed E-state index contributed by atoms with van der Waals surface area (Å²) >= 11 is 5.53. The highest BCUT2D eigenvalue weighted by Crippen LogP contribution is 2.20. The molecule has 0 aromatic heterocycles. The van der Waals surface area contributed by atoms with E-state index in [0.29, 0.717) is 5.88 Å². The number of hydrogen-bond donors (Lipinski definition) is 1. The number of benzene rings is 2. The van der Waals surface area contributed by atoms with E-state index in [-0.39, 0.29) is 0 Å². The van der Waals surface area contributed by atoms with Crippen LogP contribution >= 0.6 is 11.6 Å². The van der Waals surface area contributed by atoms with Crippen LogP contribution in [0, 0.1) is 0 Å². The molecule has 1 aliphatic heterocycles. The van der Waals surface area contributed by atoms with E-state index in [1.165, 1.54) is 5.56 Å². The monoisotopic (exact) mass is 259 g/mol. The molecule has 0 radical (unpaired) electrons. The molecule has 0 saturated carbocycles. The number of halogens is 1. The van der Waals surface area contributed by atoms with Gasteiger partial charge in [-0.1, -0.05) is 48.5 Å². The molecule has 18 heavy (non-hydrogen) atoms. The van der Waals surface area contributed by atoms with Gasteiger partial charge in [0.1, 0.15) is 0 Å². The molecular weight excluding hydrogens is 246 g/mol. The fourth-order valence-electron chi connectivity index (χ4n) is 1.50. The highest BCUT2D eigenvalue weighted by Gasteiger charge is 2.01. The van der Waals surface area contributed by atoms with Crippen molar-refractivity contribution in [1.82, 2.24) is 5.48 Å². The number of alkyl halides is 1. The van der Waals surface area contributed by atoms with E-state index in [1.54, 1.807) is 6.20 Å². The van der Waals surface area contributed by atoms with Gasteiger partial charge in [-0.15, -0.1) is 11.6 Å². The third kappa shape index (κ3) is 3.54. The van der Waals surface area contributed by atoms with Crippen LogP contribution < -0.4 is 10.3 Å². The fourth-order valence-corrected chi connectivity index (χ4v) is 1.68. The second-order valence-electron chi connectivity index (χ2n) is 3.71. The number of rotatable bonds is 1. The van der Waals surface area contributed by atoms with Crippen LogP contribution in [0.1, 0.15) is 11.1 Å². The Morgan fingerprint density at radius 1 is 0.944 bits per heavy atom. The molecule has 0 saturated heterocycles. The van der Waals surface area contributed by atoms with Crippen molar-refractivity contribution in [2.24, 2.45) is 0 Å². The molecule has 0 aliphatic carbocycles. The molecule has 1 N–H and O–H groups in total. The second kappa shape index (κ2) is 6.72. The fraction of sp³-hybridized carbons (Fsp3) is 0.0667. The van der Waals surface area contributed by atoms with E-state index >= 15 is 0 Å². The highest BCUT2D eigenvalue weighted by atomic mass is 35.5. The Morgan fingerprint density at radius 2 is 1.67 bits per heavy atom. The molecule has 2 aromatic carbocycles. The first-order valence-electron chi connectivity index (χ1n) is 5.68. The lowest BCUT2D eigenvalue weighted by Gasteiger charge is -2.11. The van der Waals surface area contributed by atoms with E-state index < -0.39 is 0 Å². The molecule has 2 aromatic rings. The summed E-state index contributed by atoms with van der Waals surface area (Å²) in [7, 11) is 0. The van der Waals surface area contributed by atoms with E-state index in [1.807, 2.05) is 60.7 Å². The molecule has 0 amide bonds. The summed E-state index contributed by atoms with van der Waals surface area (Å²) < 4.78 is 0. The van der Waals surface area contributed by atoms with Gasteiger partial charge in [-0.3, -0.25) is 0 Å². The molecule has 0 fully saturated rings. The summed E-state index contributed by atoms with van der Waals surface area (Å²) in [6, 6.07) is 17.8. The van der Waals surface area contributed by atoms with Gasteiger partial charge in [0, 0.05) is 17.6 Å². The van der Waals surface area contributed by atoms with Crippen LogP contribution in [0.15, 0.2) is 60.8 Å². The van der Waals surface area contributed by atoms with Crippen LogP contribution in [0.25, 0.3) is 6.08 Å². The maximum Gasteiger partial charge on any atom is 0.162 e. The highest BCUT2D eigenvalue weighted by molar-refractivity contribution is 6.17. The second-order valence-corrected chi connectivity index (χ2v) is 3.98. The maximum atomic E-state index is 5.53. The van der Waals surface area contributed by atoms with Gasteiger partial charge < -0.3 is 4.84 Å². The van der Waals surface area contributed by atoms with Crippen LogP contribution in [0.3, 0.4) is 0 Å². The minimum atomic E-state index is 0.612. The number of hydrogen-bond acceptors (Lipinski definition) is 2. The van der Waals surface area contributed by atoms with Crippen LogP contribution in [0.4, 0.5) is 0 Å². The zero-order valence-electron chi connectivity index (χ0n) is 9.84. The standard InChI is InChI=1S/C8H7NO.C7H7Cl/c1-2-4-8-7(3-1)5-6-9-10-8;8-6-7-4-2-1-3-5-7/h1-6,9H;1-5H,6H2. The number of fused-ring (bicyclic) bond motifs is 1. The smallest absolute Gasteiger partial charge is 0.162 e. The van der Waals surface area contributed by atoms with Crippen LogP contribution in [-0.4, -0.2) is 0 Å². The van der Waals surface area contributed by atoms with Crippen LogP contribution in [0.2, 0.25) is 0 Å². The molecule has 1 aliphatic rings. The van der Waals surface area contributed by atoms with Crippen molar-refractivity contribution in [3.8, 4) is 5.75 Å². The van der Waals surface area contributed by atoms with E-state index in [0.717, 1.165) is 11.3 Å². The van der Waals surface area contributed by atoms with Gasteiger partial charge in [-0.05, 0) is 17.7 Å². The zero-order chi connectivity index (χ0) is 12.6. The lowest BCUT2D eigenvalue weighted by Crippen LogP contribution is -2.13. The van der Waals surface area contributed by atoms with Crippen molar-refractivity contribution < 1.29 is 4.84 Å². The lowest BCUT2D eigenvalue weighted by molar-refractivity contribution is 0.239. The SMILES string of the molecule is C1=Cc2ccccc2ON1.ClCc1ccccc1. The van der Waals surface area contributed by atoms with E-state index in [2.05, 4.69) is 5.48 Å². The molecule has 0 unspecified atom stereocenters. The third-order valence-corrected chi connectivity index (χ3v) is 2.72. The number of hydroxylamine groups is 1. The van der Waals surface area contributed by atoms with Gasteiger partial charge in [-0.25, -0.2) is 5.48 Å². The Kier molecular flexibility index (Phi) is 4.68. The molecule has 0 bridgehead atoms. The summed E-state index contributed by atoms with van der Waals surface area (Å²) in [5.74, 6) is 1.49. The quantitative estimate of drug-likeness (QED) is 0.782. The molecule has 3 heteroatoms. The van der Waals surface area contributed by atoms with Crippen molar-refractivity contribution >= 4 is 17.7 Å². The minimum absolute atomic E-state index is 0.612. The number of nitrogens with one attached hydrogen (secondary N) is 1. The van der Waals surface area contributed by atoms with E-state index in [9.17, 15) is 0 Å². The van der Waals surface area contributed by atoms with Crippen molar-refractivity contribution in [2.75, 3.05) is 0 Å². The normalized spacial score (nSPS) is 11.4. The van der Waals surface area contributed by atoms with Crippen molar-refractivity contribution in [3.63, 3.8) is 0 Å². The van der Waals surface area contributed by atoms with Crippen molar-refractivity contribution in [3.05, 3.63) is 71.9 Å². The Labute approximate surface area is 112 Å². The predicted molar refractivity (Wildman–Crippen MR) is 75.2 cm³/mol. The molecule has 1 heterocycles. The van der Waals surface area contributed by atoms with Crippen LogP contribution in [0.5, 0.6) is 5.75 Å². The average Bonchev–Trinajstić information content (AvgIpc) is 2.49. The van der Waals surface area contributed by atoms with Crippen molar-refractivity contribution in [2.45, 2.75) is 5.88 Å². The first-order valence-corrected chi connectivity index (χ1v) is 6.21. The number of para-hydroxylation sites is 1. The molecule has 3 rings (SSSR count). The average molecular weight is 260 g/mol. The van der Waals surface area contributed by atoms with E-state index in [4.69, 9.17) is 16.4 Å². The first kappa shape index (κ1) is 12.5. The van der Waals surface area contributed by atoms with Crippen LogP contribution in [-0.2, 0) is 5.88 Å². The summed E-state index contributed by atoms with van der Waals surface area (Å²) in [5, 5.41) is 0. The Bertz CT molecular complexity index is 511. The molecule has 92 valence electrons. The summed E-state index contributed by atoms with van der Waals surface area (Å²) in [6.07, 6.45) is 3.74. The molecular formula is C15H14ClNO. The predicted octanol–water partition coefficient (Wildman–Crippen LogP) is 3.98. The first-order chi connectivity index (χ1) is 8.90. The summed E-state index contributed by atoms with van der Waals surface area (Å²) in [5.41, 5.74) is 4.95. The molecule has 0 spiro atoms. The molecule has 0 atom stereocenters. The third-order valence-electron chi connectivity index (χ3n) is 2.42. The topological polar surface area (TPSA) is 21.3 Å². The van der Waals surface area contributed by atoms with Gasteiger partial charge in [0.15, 0.2) is 5.75 Å². The summed E-state index contributed by atoms with van der Waals surface area (Å²) in [6.45, 7) is 0. The summed E-state index contributed by atoms with van der Waals surface area (Å²) in [4.78, 5) is 5.09. The van der Waals surface area contributed by atoms with Gasteiger partial charge in [0.05, 0.1) is 0 Å². The largest absolute Gasteiger partial charge is 0.382 e. The van der Waals surface area contributed by atoms with Gasteiger partial charge in [-0.2, -0.15) is 0 Å². The molecule has 2 nitrogen and oxygen atoms in total. The Balaban J connectivity index is 0.000000138. The Hall–Kier alpha value is -1.93. The van der Waals surface area contributed by atoms with Gasteiger partial charge in [0.25, 0.3) is 0 Å². The Morgan fingerprint density at radius 3 is 2.33 bits per heavy atom. The minimum Gasteiger partial charge on any atom is -0.382 e. The van der Waals surface area contributed by atoms with Crippen molar-refractivity contribution in [1.29, 1.82) is 0 Å². The van der Waals surface area contributed by atoms with Gasteiger partial charge in [0.2, 0.25) is 0 Å². The lowest BCUT2D eigenvalue weighted by atomic mass is 10.2. The maximum absolute atomic E-state index is 5.53. The van der Waals surface area contributed by atoms with Gasteiger partial charge >= 0.3 is 0 Å².